The van der Waals surface area contributed by atoms with Gasteiger partial charge in [-0.2, -0.15) is 8.75 Å². The molecule has 0 unspecified atom stereocenters. The van der Waals surface area contributed by atoms with Gasteiger partial charge in [0, 0.05) is 43.5 Å². The molecule has 2 heterocycles. The van der Waals surface area contributed by atoms with Crippen molar-refractivity contribution in [2.24, 2.45) is 5.92 Å². The second-order valence-electron chi connectivity index (χ2n) is 5.67. The Labute approximate surface area is 144 Å². The topological polar surface area (TPSA) is 76.6 Å². The average molecular weight is 348 g/mol. The summed E-state index contributed by atoms with van der Waals surface area (Å²) < 4.78 is 18.4. The number of anilines is 1. The summed E-state index contributed by atoms with van der Waals surface area (Å²) in [5.41, 5.74) is 1.45. The van der Waals surface area contributed by atoms with E-state index in [1.54, 1.807) is 14.2 Å². The number of nitrogens with one attached hydrogen (secondary N) is 1. The van der Waals surface area contributed by atoms with Gasteiger partial charge in [-0.15, -0.1) is 0 Å². The molecule has 0 bridgehead atoms. The van der Waals surface area contributed by atoms with Gasteiger partial charge < -0.3 is 19.7 Å². The van der Waals surface area contributed by atoms with E-state index in [1.807, 2.05) is 18.2 Å². The van der Waals surface area contributed by atoms with Crippen LogP contribution in [0.1, 0.15) is 16.9 Å². The smallest absolute Gasteiger partial charge is 0.272 e. The lowest BCUT2D eigenvalue weighted by Crippen LogP contribution is -2.31. The Morgan fingerprint density at radius 2 is 2.08 bits per heavy atom. The highest BCUT2D eigenvalue weighted by Gasteiger charge is 2.24. The Morgan fingerprint density at radius 3 is 2.71 bits per heavy atom. The fourth-order valence-corrected chi connectivity index (χ4v) is 3.21. The molecule has 1 aliphatic heterocycles. The van der Waals surface area contributed by atoms with Crippen LogP contribution in [-0.4, -0.2) is 48.5 Å². The van der Waals surface area contributed by atoms with Gasteiger partial charge in [-0.25, -0.2) is 0 Å². The quantitative estimate of drug-likeness (QED) is 0.858. The molecule has 1 saturated heterocycles. The lowest BCUT2D eigenvalue weighted by Gasteiger charge is -2.20. The summed E-state index contributed by atoms with van der Waals surface area (Å²) in [6.07, 6.45) is 2.51. The highest BCUT2D eigenvalue weighted by atomic mass is 32.1. The SMILES string of the molecule is COc1cc(OC)cc(N2CC[C@H](CNC(=O)c3cnsn3)C2)c1. The molecule has 0 spiro atoms. The van der Waals surface area contributed by atoms with Gasteiger partial charge in [-0.1, -0.05) is 0 Å². The third kappa shape index (κ3) is 3.76. The van der Waals surface area contributed by atoms with Crippen LogP contribution in [0.4, 0.5) is 5.69 Å². The lowest BCUT2D eigenvalue weighted by atomic mass is 10.1. The van der Waals surface area contributed by atoms with E-state index in [0.29, 0.717) is 18.2 Å². The van der Waals surface area contributed by atoms with Crippen LogP contribution >= 0.6 is 11.7 Å². The van der Waals surface area contributed by atoms with Crippen molar-refractivity contribution >= 4 is 23.3 Å². The molecular weight excluding hydrogens is 328 g/mol. The van der Waals surface area contributed by atoms with E-state index in [-0.39, 0.29) is 5.91 Å². The number of amides is 1. The van der Waals surface area contributed by atoms with Crippen molar-refractivity contribution in [1.82, 2.24) is 14.1 Å². The lowest BCUT2D eigenvalue weighted by molar-refractivity contribution is 0.0944. The molecular formula is C16H20N4O3S. The Hall–Kier alpha value is -2.35. The summed E-state index contributed by atoms with van der Waals surface area (Å²) in [4.78, 5) is 14.2. The number of carbonyl (C=O) groups excluding carboxylic acids is 1. The fraction of sp³-hybridized carbons (Fsp3) is 0.438. The number of benzene rings is 1. The van der Waals surface area contributed by atoms with Crippen molar-refractivity contribution < 1.29 is 14.3 Å². The van der Waals surface area contributed by atoms with E-state index < -0.39 is 0 Å². The normalized spacial score (nSPS) is 16.9. The molecule has 2 aromatic rings. The van der Waals surface area contributed by atoms with Crippen LogP contribution < -0.4 is 19.7 Å². The first kappa shape index (κ1) is 16.5. The Balaban J connectivity index is 1.58. The van der Waals surface area contributed by atoms with E-state index in [1.165, 1.54) is 6.20 Å². The molecule has 1 fully saturated rings. The van der Waals surface area contributed by atoms with Crippen molar-refractivity contribution in [1.29, 1.82) is 0 Å². The third-order valence-corrected chi connectivity index (χ3v) is 4.61. The fourth-order valence-electron chi connectivity index (χ4n) is 2.80. The summed E-state index contributed by atoms with van der Waals surface area (Å²) in [6.45, 7) is 2.45. The molecule has 0 radical (unpaired) electrons. The molecule has 7 nitrogen and oxygen atoms in total. The van der Waals surface area contributed by atoms with E-state index >= 15 is 0 Å². The summed E-state index contributed by atoms with van der Waals surface area (Å²) in [6, 6.07) is 5.87. The molecule has 128 valence electrons. The maximum absolute atomic E-state index is 11.9. The molecule has 24 heavy (non-hydrogen) atoms. The largest absolute Gasteiger partial charge is 0.497 e. The van der Waals surface area contributed by atoms with Crippen LogP contribution in [0.3, 0.4) is 0 Å². The number of hydrogen-bond donors (Lipinski definition) is 1. The number of nitrogens with zero attached hydrogens (tertiary/aromatic N) is 3. The van der Waals surface area contributed by atoms with Crippen molar-refractivity contribution in [3.05, 3.63) is 30.1 Å². The van der Waals surface area contributed by atoms with Crippen LogP contribution in [0.2, 0.25) is 0 Å². The Morgan fingerprint density at radius 1 is 1.33 bits per heavy atom. The minimum absolute atomic E-state index is 0.162. The molecule has 1 aliphatic rings. The van der Waals surface area contributed by atoms with Crippen LogP contribution in [0.5, 0.6) is 11.5 Å². The van der Waals surface area contributed by atoms with E-state index in [2.05, 4.69) is 19.0 Å². The Kier molecular flexibility index (Phi) is 5.14. The monoisotopic (exact) mass is 348 g/mol. The second-order valence-corrected chi connectivity index (χ2v) is 6.23. The maximum atomic E-state index is 11.9. The third-order valence-electron chi connectivity index (χ3n) is 4.13. The van der Waals surface area contributed by atoms with Gasteiger partial charge in [0.1, 0.15) is 11.5 Å². The van der Waals surface area contributed by atoms with Crippen molar-refractivity contribution in [2.45, 2.75) is 6.42 Å². The number of methoxy groups -OCH3 is 2. The first-order valence-corrected chi connectivity index (χ1v) is 8.46. The molecule has 1 N–H and O–H groups in total. The first-order valence-electron chi connectivity index (χ1n) is 7.73. The standard InChI is InChI=1S/C16H20N4O3S/c1-22-13-5-12(6-14(7-13)23-2)20-4-3-11(10-20)8-17-16(21)15-9-18-24-19-15/h5-7,9,11H,3-4,8,10H2,1-2H3,(H,17,21)/t11-/m1/s1. The van der Waals surface area contributed by atoms with Crippen LogP contribution in [0, 0.1) is 5.92 Å². The molecule has 3 rings (SSSR count). The number of rotatable bonds is 6. The van der Waals surface area contributed by atoms with E-state index in [4.69, 9.17) is 9.47 Å². The van der Waals surface area contributed by atoms with Crippen molar-refractivity contribution in [2.75, 3.05) is 38.8 Å². The van der Waals surface area contributed by atoms with Crippen LogP contribution in [0.15, 0.2) is 24.4 Å². The highest BCUT2D eigenvalue weighted by Crippen LogP contribution is 2.31. The van der Waals surface area contributed by atoms with Gasteiger partial charge in [0.05, 0.1) is 32.1 Å². The Bertz CT molecular complexity index is 670. The molecule has 8 heteroatoms. The molecule has 1 aromatic heterocycles. The summed E-state index contributed by atoms with van der Waals surface area (Å²) in [5.74, 6) is 1.79. The summed E-state index contributed by atoms with van der Waals surface area (Å²) >= 11 is 1.04. The van der Waals surface area contributed by atoms with Crippen molar-refractivity contribution in [3.63, 3.8) is 0 Å². The number of aromatic nitrogens is 2. The van der Waals surface area contributed by atoms with E-state index in [9.17, 15) is 4.79 Å². The second kappa shape index (κ2) is 7.48. The first-order chi connectivity index (χ1) is 11.7. The van der Waals surface area contributed by atoms with E-state index in [0.717, 1.165) is 48.4 Å². The highest BCUT2D eigenvalue weighted by molar-refractivity contribution is 6.99. The zero-order valence-electron chi connectivity index (χ0n) is 13.7. The summed E-state index contributed by atoms with van der Waals surface area (Å²) in [7, 11) is 3.29. The van der Waals surface area contributed by atoms with Crippen LogP contribution in [0.25, 0.3) is 0 Å². The minimum atomic E-state index is -0.162. The predicted molar refractivity (Wildman–Crippen MR) is 92.1 cm³/mol. The molecule has 0 saturated carbocycles. The van der Waals surface area contributed by atoms with Gasteiger partial charge >= 0.3 is 0 Å². The minimum Gasteiger partial charge on any atom is -0.497 e. The van der Waals surface area contributed by atoms with Gasteiger partial charge in [0.2, 0.25) is 0 Å². The zero-order valence-corrected chi connectivity index (χ0v) is 14.5. The van der Waals surface area contributed by atoms with Crippen LogP contribution in [-0.2, 0) is 0 Å². The van der Waals surface area contributed by atoms with Gasteiger partial charge in [-0.3, -0.25) is 4.79 Å². The van der Waals surface area contributed by atoms with Gasteiger partial charge in [0.25, 0.3) is 5.91 Å². The summed E-state index contributed by atoms with van der Waals surface area (Å²) in [5, 5.41) is 2.93. The van der Waals surface area contributed by atoms with Gasteiger partial charge in [0.15, 0.2) is 5.69 Å². The number of carbonyl (C=O) groups is 1. The number of hydrogen-bond acceptors (Lipinski definition) is 7. The zero-order chi connectivity index (χ0) is 16.9. The molecule has 1 atom stereocenters. The maximum Gasteiger partial charge on any atom is 0.272 e. The van der Waals surface area contributed by atoms with Crippen molar-refractivity contribution in [3.8, 4) is 11.5 Å². The predicted octanol–water partition coefficient (Wildman–Crippen LogP) is 1.81. The molecule has 1 amide bonds. The average Bonchev–Trinajstić information content (AvgIpc) is 3.30. The van der Waals surface area contributed by atoms with Gasteiger partial charge in [-0.05, 0) is 12.3 Å². The molecule has 1 aromatic carbocycles. The molecule has 0 aliphatic carbocycles. The number of ether oxygens (including phenoxy) is 2.